The molecular formula is C14H20N2O2. The molecule has 1 N–H and O–H groups in total. The van der Waals surface area contributed by atoms with Gasteiger partial charge in [-0.25, -0.2) is 4.79 Å². The third-order valence-corrected chi connectivity index (χ3v) is 3.43. The molecule has 0 radical (unpaired) electrons. The Morgan fingerprint density at radius 2 is 1.67 bits per heavy atom. The average molecular weight is 248 g/mol. The quantitative estimate of drug-likeness (QED) is 0.838. The zero-order valence-corrected chi connectivity index (χ0v) is 11.6. The molecule has 0 fully saturated rings. The zero-order valence-electron chi connectivity index (χ0n) is 11.6. The number of aliphatic hydroxyl groups is 1. The van der Waals surface area contributed by atoms with E-state index in [1.54, 1.807) is 23.2 Å². The lowest BCUT2D eigenvalue weighted by Crippen LogP contribution is -2.19. The summed E-state index contributed by atoms with van der Waals surface area (Å²) in [7, 11) is 3.50. The summed E-state index contributed by atoms with van der Waals surface area (Å²) in [5.41, 5.74) is 2.31. The molecule has 1 aromatic carbocycles. The van der Waals surface area contributed by atoms with Gasteiger partial charge in [0.05, 0.1) is 17.1 Å². The maximum Gasteiger partial charge on any atom is 0.328 e. The van der Waals surface area contributed by atoms with E-state index in [0.29, 0.717) is 0 Å². The summed E-state index contributed by atoms with van der Waals surface area (Å²) in [6.45, 7) is 5.98. The van der Waals surface area contributed by atoms with Gasteiger partial charge in [0.2, 0.25) is 0 Å². The molecule has 2 rings (SSSR count). The van der Waals surface area contributed by atoms with Gasteiger partial charge in [0.15, 0.2) is 0 Å². The number of imidazole rings is 1. The zero-order chi connectivity index (χ0) is 13.7. The van der Waals surface area contributed by atoms with Gasteiger partial charge in [-0.05, 0) is 23.1 Å². The van der Waals surface area contributed by atoms with Crippen LogP contribution in [0.4, 0.5) is 0 Å². The van der Waals surface area contributed by atoms with Gasteiger partial charge in [-0.2, -0.15) is 0 Å². The normalized spacial score (nSPS) is 14.1. The SMILES string of the molecule is Cn1c(=O)n(C)c2cc(C(O)C(C)(C)C)ccc21. The molecule has 0 spiro atoms. The molecule has 1 atom stereocenters. The van der Waals surface area contributed by atoms with Crippen molar-refractivity contribution in [1.29, 1.82) is 0 Å². The Labute approximate surface area is 106 Å². The van der Waals surface area contributed by atoms with E-state index in [4.69, 9.17) is 0 Å². The Kier molecular flexibility index (Phi) is 2.86. The first kappa shape index (κ1) is 12.9. The fraction of sp³-hybridized carbons (Fsp3) is 0.500. The fourth-order valence-electron chi connectivity index (χ4n) is 2.19. The lowest BCUT2D eigenvalue weighted by Gasteiger charge is -2.26. The second-order valence-electron chi connectivity index (χ2n) is 5.92. The van der Waals surface area contributed by atoms with Crippen molar-refractivity contribution in [1.82, 2.24) is 9.13 Å². The molecule has 98 valence electrons. The highest BCUT2D eigenvalue weighted by Gasteiger charge is 2.24. The van der Waals surface area contributed by atoms with E-state index in [2.05, 4.69) is 0 Å². The van der Waals surface area contributed by atoms with Crippen molar-refractivity contribution in [2.24, 2.45) is 19.5 Å². The summed E-state index contributed by atoms with van der Waals surface area (Å²) in [5.74, 6) is 0. The van der Waals surface area contributed by atoms with Crippen molar-refractivity contribution in [3.05, 3.63) is 34.2 Å². The third-order valence-electron chi connectivity index (χ3n) is 3.43. The van der Waals surface area contributed by atoms with Crippen LogP contribution in [0.1, 0.15) is 32.4 Å². The first-order valence-corrected chi connectivity index (χ1v) is 6.07. The highest BCUT2D eigenvalue weighted by molar-refractivity contribution is 5.77. The van der Waals surface area contributed by atoms with Crippen molar-refractivity contribution in [2.75, 3.05) is 0 Å². The summed E-state index contributed by atoms with van der Waals surface area (Å²) in [5, 5.41) is 10.3. The van der Waals surface area contributed by atoms with E-state index in [9.17, 15) is 9.90 Å². The molecule has 1 heterocycles. The maximum atomic E-state index is 11.8. The number of aryl methyl sites for hydroxylation is 2. The van der Waals surface area contributed by atoms with Crippen molar-refractivity contribution >= 4 is 11.0 Å². The second kappa shape index (κ2) is 3.99. The predicted octanol–water partition coefficient (Wildman–Crippen LogP) is 1.96. The molecule has 0 aliphatic heterocycles. The van der Waals surface area contributed by atoms with Crippen LogP contribution in [0.25, 0.3) is 11.0 Å². The molecule has 1 aromatic heterocycles. The van der Waals surface area contributed by atoms with Gasteiger partial charge in [-0.3, -0.25) is 9.13 Å². The van der Waals surface area contributed by atoms with Crippen LogP contribution >= 0.6 is 0 Å². The number of benzene rings is 1. The number of rotatable bonds is 1. The number of aliphatic hydroxyl groups excluding tert-OH is 1. The van der Waals surface area contributed by atoms with E-state index in [-0.39, 0.29) is 11.1 Å². The summed E-state index contributed by atoms with van der Waals surface area (Å²) >= 11 is 0. The minimum Gasteiger partial charge on any atom is -0.388 e. The molecule has 0 aliphatic carbocycles. The van der Waals surface area contributed by atoms with Gasteiger partial charge in [0.1, 0.15) is 0 Å². The number of hydrogen-bond acceptors (Lipinski definition) is 2. The fourth-order valence-corrected chi connectivity index (χ4v) is 2.19. The van der Waals surface area contributed by atoms with Crippen LogP contribution < -0.4 is 5.69 Å². The topological polar surface area (TPSA) is 47.2 Å². The third kappa shape index (κ3) is 1.86. The largest absolute Gasteiger partial charge is 0.388 e. The molecule has 0 aliphatic rings. The molecule has 4 heteroatoms. The van der Waals surface area contributed by atoms with Crippen molar-refractivity contribution < 1.29 is 5.11 Å². The smallest absolute Gasteiger partial charge is 0.328 e. The molecule has 1 unspecified atom stereocenters. The standard InChI is InChI=1S/C14H20N2O2/c1-14(2,3)12(17)9-6-7-10-11(8-9)16(5)13(18)15(10)4/h6-8,12,17H,1-5H3. The molecular weight excluding hydrogens is 228 g/mol. The van der Waals surface area contributed by atoms with Crippen molar-refractivity contribution in [3.63, 3.8) is 0 Å². The lowest BCUT2D eigenvalue weighted by atomic mass is 9.85. The lowest BCUT2D eigenvalue weighted by molar-refractivity contribution is 0.0628. The first-order valence-electron chi connectivity index (χ1n) is 6.07. The molecule has 2 aromatic rings. The van der Waals surface area contributed by atoms with E-state index in [1.807, 2.05) is 39.0 Å². The summed E-state index contributed by atoms with van der Waals surface area (Å²) in [4.78, 5) is 11.8. The molecule has 4 nitrogen and oxygen atoms in total. The van der Waals surface area contributed by atoms with Gasteiger partial charge in [-0.1, -0.05) is 26.8 Å². The van der Waals surface area contributed by atoms with E-state index < -0.39 is 6.10 Å². The van der Waals surface area contributed by atoms with Gasteiger partial charge >= 0.3 is 5.69 Å². The predicted molar refractivity (Wildman–Crippen MR) is 72.6 cm³/mol. The minimum absolute atomic E-state index is 0.0487. The molecule has 0 amide bonds. The number of aromatic nitrogens is 2. The van der Waals surface area contributed by atoms with Crippen LogP contribution in [0.2, 0.25) is 0 Å². The van der Waals surface area contributed by atoms with Gasteiger partial charge in [0.25, 0.3) is 0 Å². The number of hydrogen-bond donors (Lipinski definition) is 1. The Balaban J connectivity index is 2.65. The van der Waals surface area contributed by atoms with Crippen LogP contribution in [0, 0.1) is 5.41 Å². The monoisotopic (exact) mass is 248 g/mol. The van der Waals surface area contributed by atoms with E-state index in [1.165, 1.54) is 0 Å². The van der Waals surface area contributed by atoms with Crippen molar-refractivity contribution in [2.45, 2.75) is 26.9 Å². The van der Waals surface area contributed by atoms with Crippen LogP contribution in [0.3, 0.4) is 0 Å². The highest BCUT2D eigenvalue weighted by Crippen LogP contribution is 2.33. The summed E-state index contributed by atoms with van der Waals surface area (Å²) in [6, 6.07) is 5.67. The second-order valence-corrected chi connectivity index (χ2v) is 5.92. The molecule has 0 saturated heterocycles. The Morgan fingerprint density at radius 1 is 1.11 bits per heavy atom. The summed E-state index contributed by atoms with van der Waals surface area (Å²) < 4.78 is 3.22. The average Bonchev–Trinajstić information content (AvgIpc) is 2.52. The van der Waals surface area contributed by atoms with Gasteiger partial charge in [0, 0.05) is 14.1 Å². The molecule has 18 heavy (non-hydrogen) atoms. The minimum atomic E-state index is -0.544. The van der Waals surface area contributed by atoms with Crippen LogP contribution in [-0.4, -0.2) is 14.2 Å². The number of fused-ring (bicyclic) bond motifs is 1. The summed E-state index contributed by atoms with van der Waals surface area (Å²) in [6.07, 6.45) is -0.544. The van der Waals surface area contributed by atoms with E-state index in [0.717, 1.165) is 16.6 Å². The van der Waals surface area contributed by atoms with Gasteiger partial charge in [-0.15, -0.1) is 0 Å². The molecule has 0 saturated carbocycles. The Hall–Kier alpha value is -1.55. The maximum absolute atomic E-state index is 11.8. The molecule has 0 bridgehead atoms. The van der Waals surface area contributed by atoms with Gasteiger partial charge < -0.3 is 5.11 Å². The van der Waals surface area contributed by atoms with Crippen LogP contribution in [-0.2, 0) is 14.1 Å². The Morgan fingerprint density at radius 3 is 2.22 bits per heavy atom. The highest BCUT2D eigenvalue weighted by atomic mass is 16.3. The first-order chi connectivity index (χ1) is 8.23. The Bertz CT molecular complexity index is 644. The number of nitrogens with zero attached hydrogens (tertiary/aromatic N) is 2. The van der Waals surface area contributed by atoms with Crippen LogP contribution in [0.5, 0.6) is 0 Å². The van der Waals surface area contributed by atoms with Crippen molar-refractivity contribution in [3.8, 4) is 0 Å². The van der Waals surface area contributed by atoms with Crippen LogP contribution in [0.15, 0.2) is 23.0 Å². The van der Waals surface area contributed by atoms with E-state index >= 15 is 0 Å².